The second kappa shape index (κ2) is 4.54. The monoisotopic (exact) mass is 249 g/mol. The van der Waals surface area contributed by atoms with Gasteiger partial charge in [0.25, 0.3) is 10.0 Å². The van der Waals surface area contributed by atoms with Crippen LogP contribution in [0.3, 0.4) is 0 Å². The first-order valence-corrected chi connectivity index (χ1v) is 7.11. The van der Waals surface area contributed by atoms with Crippen molar-refractivity contribution in [2.45, 2.75) is 23.6 Å². The zero-order valence-electron chi connectivity index (χ0n) is 8.94. The van der Waals surface area contributed by atoms with E-state index < -0.39 is 10.0 Å². The summed E-state index contributed by atoms with van der Waals surface area (Å²) in [5, 5.41) is 0.0967. The molecule has 1 aromatic heterocycles. The second-order valence-corrected chi connectivity index (χ2v) is 6.95. The van der Waals surface area contributed by atoms with E-state index in [1.807, 2.05) is 20.1 Å². The van der Waals surface area contributed by atoms with E-state index in [0.717, 1.165) is 0 Å². The predicted molar refractivity (Wildman–Crippen MR) is 61.4 cm³/mol. The lowest BCUT2D eigenvalue weighted by Crippen LogP contribution is -2.36. The van der Waals surface area contributed by atoms with Crippen molar-refractivity contribution in [3.63, 3.8) is 0 Å². The van der Waals surface area contributed by atoms with Crippen molar-refractivity contribution in [3.05, 3.63) is 12.5 Å². The molecule has 7 heteroatoms. The minimum absolute atomic E-state index is 0.0967. The van der Waals surface area contributed by atoms with E-state index in [9.17, 15) is 8.42 Å². The van der Waals surface area contributed by atoms with E-state index in [0.29, 0.717) is 6.54 Å². The topological polar surface area (TPSA) is 74.8 Å². The molecule has 0 fully saturated rings. The highest BCUT2D eigenvalue weighted by Crippen LogP contribution is 2.20. The summed E-state index contributed by atoms with van der Waals surface area (Å²) in [5.41, 5.74) is 0. The Labute approximate surface area is 94.1 Å². The largest absolute Gasteiger partial charge is 0.335 e. The lowest BCUT2D eigenvalue weighted by Gasteiger charge is -2.21. The normalized spacial score (nSPS) is 13.0. The Kier molecular flexibility index (Phi) is 3.80. The van der Waals surface area contributed by atoms with Crippen molar-refractivity contribution in [2.24, 2.45) is 0 Å². The number of thioether (sulfide) groups is 1. The third kappa shape index (κ3) is 3.51. The molecule has 5 nitrogen and oxygen atoms in total. The Balaban J connectivity index is 2.67. The minimum atomic E-state index is -3.44. The Morgan fingerprint density at radius 2 is 2.27 bits per heavy atom. The summed E-state index contributed by atoms with van der Waals surface area (Å²) in [6.07, 6.45) is 4.58. The van der Waals surface area contributed by atoms with Gasteiger partial charge in [0, 0.05) is 11.3 Å². The third-order valence-corrected chi connectivity index (χ3v) is 4.58. The molecule has 2 N–H and O–H groups in total. The first-order valence-electron chi connectivity index (χ1n) is 4.40. The molecule has 0 aromatic carbocycles. The van der Waals surface area contributed by atoms with Crippen LogP contribution in [0.15, 0.2) is 17.6 Å². The van der Waals surface area contributed by atoms with Gasteiger partial charge in [0.15, 0.2) is 5.03 Å². The lowest BCUT2D eigenvalue weighted by atomic mass is 10.2. The van der Waals surface area contributed by atoms with Gasteiger partial charge in [0.1, 0.15) is 0 Å². The molecule has 0 unspecified atom stereocenters. The Bertz CT molecular complexity index is 398. The summed E-state index contributed by atoms with van der Waals surface area (Å²) in [7, 11) is -3.44. The van der Waals surface area contributed by atoms with Gasteiger partial charge in [-0.1, -0.05) is 0 Å². The van der Waals surface area contributed by atoms with Gasteiger partial charge < -0.3 is 4.98 Å². The summed E-state index contributed by atoms with van der Waals surface area (Å²) in [6.45, 7) is 4.34. The molecule has 0 amide bonds. The highest BCUT2D eigenvalue weighted by molar-refractivity contribution is 8.00. The molecule has 0 aliphatic rings. The van der Waals surface area contributed by atoms with Crippen molar-refractivity contribution in [3.8, 4) is 0 Å². The highest BCUT2D eigenvalue weighted by Gasteiger charge is 2.21. The number of sulfonamides is 1. The van der Waals surface area contributed by atoms with Crippen LogP contribution in [0, 0.1) is 0 Å². The molecule has 0 spiro atoms. The maximum absolute atomic E-state index is 11.7. The van der Waals surface area contributed by atoms with Gasteiger partial charge in [-0.3, -0.25) is 0 Å². The van der Waals surface area contributed by atoms with Gasteiger partial charge >= 0.3 is 0 Å². The fourth-order valence-electron chi connectivity index (χ4n) is 0.809. The van der Waals surface area contributed by atoms with Crippen molar-refractivity contribution in [2.75, 3.05) is 12.8 Å². The van der Waals surface area contributed by atoms with Crippen molar-refractivity contribution in [1.29, 1.82) is 0 Å². The molecule has 86 valence electrons. The molecule has 0 radical (unpaired) electrons. The van der Waals surface area contributed by atoms with Crippen LogP contribution in [0.5, 0.6) is 0 Å². The number of nitrogens with zero attached hydrogens (tertiary/aromatic N) is 1. The summed E-state index contributed by atoms with van der Waals surface area (Å²) in [6, 6.07) is 0. The van der Waals surface area contributed by atoms with Crippen LogP contribution >= 0.6 is 11.8 Å². The van der Waals surface area contributed by atoms with Crippen LogP contribution in [0.4, 0.5) is 0 Å². The molecule has 0 bridgehead atoms. The highest BCUT2D eigenvalue weighted by atomic mass is 32.2. The average Bonchev–Trinajstić information content (AvgIpc) is 2.69. The van der Waals surface area contributed by atoms with Crippen LogP contribution < -0.4 is 4.72 Å². The minimum Gasteiger partial charge on any atom is -0.335 e. The van der Waals surface area contributed by atoms with Gasteiger partial charge in [-0.25, -0.2) is 18.1 Å². The van der Waals surface area contributed by atoms with Gasteiger partial charge in [-0.05, 0) is 20.1 Å². The molecular formula is C8H15N3O2S2. The quantitative estimate of drug-likeness (QED) is 0.810. The predicted octanol–water partition coefficient (Wildman–Crippen LogP) is 0.830. The molecular weight excluding hydrogens is 234 g/mol. The molecule has 0 atom stereocenters. The number of imidazole rings is 1. The molecule has 1 heterocycles. The van der Waals surface area contributed by atoms with E-state index in [-0.39, 0.29) is 9.77 Å². The summed E-state index contributed by atoms with van der Waals surface area (Å²) >= 11 is 1.61. The Morgan fingerprint density at radius 3 is 2.73 bits per heavy atom. The Hall–Kier alpha value is -0.530. The van der Waals surface area contributed by atoms with Crippen LogP contribution in [-0.2, 0) is 10.0 Å². The van der Waals surface area contributed by atoms with Crippen LogP contribution in [0.1, 0.15) is 13.8 Å². The average molecular weight is 249 g/mol. The summed E-state index contributed by atoms with van der Waals surface area (Å²) < 4.78 is 25.7. The number of hydrogen-bond donors (Lipinski definition) is 2. The molecule has 0 aliphatic heterocycles. The Morgan fingerprint density at radius 1 is 1.60 bits per heavy atom. The number of aromatic nitrogens is 2. The van der Waals surface area contributed by atoms with Gasteiger partial charge in [-0.2, -0.15) is 11.8 Å². The SMILES string of the molecule is CSC(C)(C)CNS(=O)(=O)c1cnc[nH]1. The fraction of sp³-hybridized carbons (Fsp3) is 0.625. The van der Waals surface area contributed by atoms with Gasteiger partial charge in [0.2, 0.25) is 0 Å². The summed E-state index contributed by atoms with van der Waals surface area (Å²) in [5.74, 6) is 0. The smallest absolute Gasteiger partial charge is 0.257 e. The first kappa shape index (κ1) is 12.5. The van der Waals surface area contributed by atoms with Crippen molar-refractivity contribution < 1.29 is 8.42 Å². The van der Waals surface area contributed by atoms with Crippen LogP contribution in [0.25, 0.3) is 0 Å². The maximum atomic E-state index is 11.7. The van der Waals surface area contributed by atoms with E-state index in [4.69, 9.17) is 0 Å². The van der Waals surface area contributed by atoms with E-state index in [1.165, 1.54) is 12.5 Å². The van der Waals surface area contributed by atoms with Crippen LogP contribution in [-0.4, -0.2) is 35.9 Å². The first-order chi connectivity index (χ1) is 6.87. The van der Waals surface area contributed by atoms with E-state index in [1.54, 1.807) is 11.8 Å². The van der Waals surface area contributed by atoms with Gasteiger partial charge in [0.05, 0.1) is 12.5 Å². The number of aromatic amines is 1. The molecule has 0 saturated heterocycles. The molecule has 0 saturated carbocycles. The van der Waals surface area contributed by atoms with E-state index in [2.05, 4.69) is 14.7 Å². The zero-order chi connectivity index (χ0) is 11.5. The number of hydrogen-bond acceptors (Lipinski definition) is 4. The van der Waals surface area contributed by atoms with Crippen molar-refractivity contribution in [1.82, 2.24) is 14.7 Å². The molecule has 1 rings (SSSR count). The lowest BCUT2D eigenvalue weighted by molar-refractivity contribution is 0.568. The number of H-pyrrole nitrogens is 1. The second-order valence-electron chi connectivity index (χ2n) is 3.70. The zero-order valence-corrected chi connectivity index (χ0v) is 10.6. The third-order valence-electron chi connectivity index (χ3n) is 2.00. The summed E-state index contributed by atoms with van der Waals surface area (Å²) in [4.78, 5) is 6.24. The number of rotatable bonds is 5. The van der Waals surface area contributed by atoms with Crippen LogP contribution in [0.2, 0.25) is 0 Å². The van der Waals surface area contributed by atoms with E-state index >= 15 is 0 Å². The molecule has 1 aromatic rings. The van der Waals surface area contributed by atoms with Gasteiger partial charge in [-0.15, -0.1) is 0 Å². The molecule has 0 aliphatic carbocycles. The maximum Gasteiger partial charge on any atom is 0.257 e. The fourth-order valence-corrected chi connectivity index (χ4v) is 2.23. The molecule has 15 heavy (non-hydrogen) atoms. The van der Waals surface area contributed by atoms with Crippen molar-refractivity contribution >= 4 is 21.8 Å². The standard InChI is InChI=1S/C8H15N3O2S2/c1-8(2,14-3)5-11-15(12,13)7-4-9-6-10-7/h4,6,11H,5H2,1-3H3,(H,9,10). The number of nitrogens with one attached hydrogen (secondary N) is 2.